The third kappa shape index (κ3) is 4.24. The van der Waals surface area contributed by atoms with Crippen molar-refractivity contribution < 1.29 is 10.0 Å². The molecule has 0 aliphatic heterocycles. The molecule has 0 bridgehead atoms. The van der Waals surface area contributed by atoms with Gasteiger partial charge in [-0.15, -0.1) is 0 Å². The lowest BCUT2D eigenvalue weighted by Gasteiger charge is -2.17. The number of rotatable bonds is 6. The van der Waals surface area contributed by atoms with Gasteiger partial charge in [0.05, 0.1) is 22.0 Å². The van der Waals surface area contributed by atoms with Crippen LogP contribution in [0.1, 0.15) is 5.56 Å². The Morgan fingerprint density at radius 2 is 2.10 bits per heavy atom. The minimum Gasteiger partial charge on any atom is -0.394 e. The largest absolute Gasteiger partial charge is 0.394 e. The fourth-order valence-corrected chi connectivity index (χ4v) is 2.34. The number of aromatic nitrogens is 1. The smallest absolute Gasteiger partial charge is 0.288 e. The zero-order valence-corrected chi connectivity index (χ0v) is 12.7. The maximum absolute atomic E-state index is 10.7. The van der Waals surface area contributed by atoms with Crippen molar-refractivity contribution in [2.24, 2.45) is 0 Å². The van der Waals surface area contributed by atoms with E-state index in [-0.39, 0.29) is 18.3 Å². The zero-order chi connectivity index (χ0) is 15.2. The summed E-state index contributed by atoms with van der Waals surface area (Å²) < 4.78 is 0.489. The van der Waals surface area contributed by atoms with E-state index in [1.807, 2.05) is 30.3 Å². The van der Waals surface area contributed by atoms with Crippen LogP contribution in [0.15, 0.2) is 47.1 Å². The van der Waals surface area contributed by atoms with Gasteiger partial charge in [0.15, 0.2) is 0 Å². The number of nitrogens with one attached hydrogen (secondary N) is 1. The van der Waals surface area contributed by atoms with Gasteiger partial charge in [-0.25, -0.2) is 4.98 Å². The number of hydrogen-bond acceptors (Lipinski definition) is 5. The molecule has 0 spiro atoms. The van der Waals surface area contributed by atoms with Crippen LogP contribution in [0.3, 0.4) is 0 Å². The van der Waals surface area contributed by atoms with Crippen molar-refractivity contribution >= 4 is 27.4 Å². The molecule has 0 saturated carbocycles. The Hall–Kier alpha value is -1.99. The van der Waals surface area contributed by atoms with E-state index in [1.165, 1.54) is 12.3 Å². The highest BCUT2D eigenvalue weighted by molar-refractivity contribution is 9.10. The molecule has 2 aromatic rings. The van der Waals surface area contributed by atoms with E-state index >= 15 is 0 Å². The van der Waals surface area contributed by atoms with Crippen LogP contribution in [0.2, 0.25) is 0 Å². The summed E-state index contributed by atoms with van der Waals surface area (Å²) in [5.74, 6) is 0.468. The Balaban J connectivity index is 2.10. The lowest BCUT2D eigenvalue weighted by atomic mass is 10.1. The standard InChI is InChI=1S/C14H14BrN3O3/c15-13-7-12(18(20)21)8-16-14(13)17-11(9-19)6-10-4-2-1-3-5-10/h1-5,7-8,11,19H,6,9H2,(H,16,17). The summed E-state index contributed by atoms with van der Waals surface area (Å²) in [7, 11) is 0. The minimum absolute atomic E-state index is 0.0694. The maximum atomic E-state index is 10.7. The first-order chi connectivity index (χ1) is 10.1. The van der Waals surface area contributed by atoms with Crippen LogP contribution in [-0.4, -0.2) is 27.7 Å². The molecule has 1 atom stereocenters. The topological polar surface area (TPSA) is 88.3 Å². The normalized spacial score (nSPS) is 11.9. The summed E-state index contributed by atoms with van der Waals surface area (Å²) in [6.45, 7) is -0.0694. The molecule has 2 rings (SSSR count). The second kappa shape index (κ2) is 7.14. The van der Waals surface area contributed by atoms with Gasteiger partial charge in [-0.1, -0.05) is 30.3 Å². The number of halogens is 1. The van der Waals surface area contributed by atoms with Crippen LogP contribution in [0.5, 0.6) is 0 Å². The molecule has 0 fully saturated rings. The Morgan fingerprint density at radius 1 is 1.38 bits per heavy atom. The summed E-state index contributed by atoms with van der Waals surface area (Å²) in [4.78, 5) is 14.2. The molecule has 110 valence electrons. The number of pyridine rings is 1. The van der Waals surface area contributed by atoms with Crippen molar-refractivity contribution in [1.29, 1.82) is 0 Å². The molecule has 1 aromatic carbocycles. The number of aliphatic hydroxyl groups is 1. The molecule has 0 aliphatic carbocycles. The summed E-state index contributed by atoms with van der Waals surface area (Å²) >= 11 is 3.25. The molecule has 0 saturated heterocycles. The quantitative estimate of drug-likeness (QED) is 0.617. The van der Waals surface area contributed by atoms with Gasteiger partial charge in [-0.2, -0.15) is 0 Å². The van der Waals surface area contributed by atoms with Crippen molar-refractivity contribution in [1.82, 2.24) is 4.98 Å². The Kier molecular flexibility index (Phi) is 5.24. The van der Waals surface area contributed by atoms with E-state index < -0.39 is 4.92 Å². The van der Waals surface area contributed by atoms with E-state index in [9.17, 15) is 15.2 Å². The summed E-state index contributed by atoms with van der Waals surface area (Å²) in [6, 6.07) is 10.9. The molecule has 6 nitrogen and oxygen atoms in total. The molecule has 0 amide bonds. The summed E-state index contributed by atoms with van der Waals surface area (Å²) in [5, 5.41) is 23.2. The molecule has 7 heteroatoms. The van der Waals surface area contributed by atoms with Crippen molar-refractivity contribution in [3.8, 4) is 0 Å². The molecule has 1 heterocycles. The molecule has 21 heavy (non-hydrogen) atoms. The fraction of sp³-hybridized carbons (Fsp3) is 0.214. The SMILES string of the molecule is O=[N+]([O-])c1cnc(NC(CO)Cc2ccccc2)c(Br)c1. The van der Waals surface area contributed by atoms with Crippen molar-refractivity contribution in [2.75, 3.05) is 11.9 Å². The van der Waals surface area contributed by atoms with Crippen LogP contribution < -0.4 is 5.32 Å². The van der Waals surface area contributed by atoms with Gasteiger partial charge in [-0.3, -0.25) is 10.1 Å². The first-order valence-electron chi connectivity index (χ1n) is 6.31. The molecule has 0 aliphatic rings. The van der Waals surface area contributed by atoms with Crippen LogP contribution in [-0.2, 0) is 6.42 Å². The van der Waals surface area contributed by atoms with Gasteiger partial charge in [0.2, 0.25) is 0 Å². The molecule has 1 unspecified atom stereocenters. The van der Waals surface area contributed by atoms with Gasteiger partial charge < -0.3 is 10.4 Å². The molecule has 2 N–H and O–H groups in total. The van der Waals surface area contributed by atoms with E-state index in [2.05, 4.69) is 26.2 Å². The number of nitro groups is 1. The fourth-order valence-electron chi connectivity index (χ4n) is 1.89. The van der Waals surface area contributed by atoms with Crippen LogP contribution >= 0.6 is 15.9 Å². The number of anilines is 1. The Bertz CT molecular complexity index is 622. The predicted molar refractivity (Wildman–Crippen MR) is 83.2 cm³/mol. The zero-order valence-electron chi connectivity index (χ0n) is 11.1. The van der Waals surface area contributed by atoms with Gasteiger partial charge in [0, 0.05) is 6.07 Å². The van der Waals surface area contributed by atoms with Gasteiger partial charge in [0.25, 0.3) is 5.69 Å². The second-order valence-electron chi connectivity index (χ2n) is 4.49. The second-order valence-corrected chi connectivity index (χ2v) is 5.35. The minimum atomic E-state index is -0.505. The maximum Gasteiger partial charge on any atom is 0.288 e. The molecular weight excluding hydrogens is 338 g/mol. The highest BCUT2D eigenvalue weighted by Gasteiger charge is 2.14. The van der Waals surface area contributed by atoms with Crippen LogP contribution in [0.4, 0.5) is 11.5 Å². The predicted octanol–water partition coefficient (Wildman–Crippen LogP) is 2.77. The average molecular weight is 352 g/mol. The number of hydrogen-bond donors (Lipinski definition) is 2. The van der Waals surface area contributed by atoms with Crippen molar-refractivity contribution in [3.63, 3.8) is 0 Å². The first-order valence-corrected chi connectivity index (χ1v) is 7.10. The number of nitrogens with zero attached hydrogens (tertiary/aromatic N) is 2. The lowest BCUT2D eigenvalue weighted by molar-refractivity contribution is -0.385. The number of benzene rings is 1. The van der Waals surface area contributed by atoms with Crippen LogP contribution in [0.25, 0.3) is 0 Å². The van der Waals surface area contributed by atoms with Crippen molar-refractivity contribution in [3.05, 3.63) is 62.7 Å². The summed E-state index contributed by atoms with van der Waals surface area (Å²) in [6.07, 6.45) is 1.81. The van der Waals surface area contributed by atoms with Crippen molar-refractivity contribution in [2.45, 2.75) is 12.5 Å². The third-order valence-electron chi connectivity index (χ3n) is 2.92. The third-order valence-corrected chi connectivity index (χ3v) is 3.53. The van der Waals surface area contributed by atoms with E-state index in [1.54, 1.807) is 0 Å². The first kappa shape index (κ1) is 15.4. The highest BCUT2D eigenvalue weighted by Crippen LogP contribution is 2.25. The lowest BCUT2D eigenvalue weighted by Crippen LogP contribution is -2.27. The average Bonchev–Trinajstić information content (AvgIpc) is 2.49. The van der Waals surface area contributed by atoms with Gasteiger partial charge >= 0.3 is 0 Å². The summed E-state index contributed by atoms with van der Waals surface area (Å²) in [5.41, 5.74) is 0.998. The Labute approximate surface area is 130 Å². The van der Waals surface area contributed by atoms with Gasteiger partial charge in [-0.05, 0) is 27.9 Å². The highest BCUT2D eigenvalue weighted by atomic mass is 79.9. The van der Waals surface area contributed by atoms with Crippen LogP contribution in [0, 0.1) is 10.1 Å². The van der Waals surface area contributed by atoms with Gasteiger partial charge in [0.1, 0.15) is 12.0 Å². The Morgan fingerprint density at radius 3 is 2.67 bits per heavy atom. The molecule has 0 radical (unpaired) electrons. The van der Waals surface area contributed by atoms with E-state index in [4.69, 9.17) is 0 Å². The molecule has 1 aromatic heterocycles. The number of aliphatic hydroxyl groups excluding tert-OH is 1. The monoisotopic (exact) mass is 351 g/mol. The molecular formula is C14H14BrN3O3. The van der Waals surface area contributed by atoms with E-state index in [0.717, 1.165) is 5.56 Å². The van der Waals surface area contributed by atoms with E-state index in [0.29, 0.717) is 16.7 Å².